The molecule has 1 fully saturated rings. The highest BCUT2D eigenvalue weighted by atomic mass is 32.1. The maximum atomic E-state index is 13.7. The van der Waals surface area contributed by atoms with Gasteiger partial charge in [0.2, 0.25) is 0 Å². The van der Waals surface area contributed by atoms with E-state index in [1.54, 1.807) is 24.2 Å². The number of alkyl halides is 2. The molecule has 0 atom stereocenters. The standard InChI is InChI=1S/C31H25F2N5OS/c1-18(39)28-7-8-29(40-28)22-3-2-4-25-23(22)13-27(35-25)30-24-12-20(5-6-26(24)36-37-30)21-11-19(14-34-15-21)16-38-10-9-31(32,33)17-38/h2-8,11-15,35H,9-10,16-17H2,1H3,(H,36,37). The fourth-order valence-corrected chi connectivity index (χ4v) is 6.44. The zero-order valence-electron chi connectivity index (χ0n) is 21.7. The van der Waals surface area contributed by atoms with Gasteiger partial charge in [-0.15, -0.1) is 11.3 Å². The van der Waals surface area contributed by atoms with E-state index in [1.165, 1.54) is 11.3 Å². The van der Waals surface area contributed by atoms with Crippen LogP contribution in [0.3, 0.4) is 0 Å². The fraction of sp³-hybridized carbons (Fsp3) is 0.194. The summed E-state index contributed by atoms with van der Waals surface area (Å²) in [4.78, 5) is 23.3. The van der Waals surface area contributed by atoms with Crippen molar-refractivity contribution in [3.63, 3.8) is 0 Å². The Morgan fingerprint density at radius 3 is 2.73 bits per heavy atom. The molecule has 40 heavy (non-hydrogen) atoms. The van der Waals surface area contributed by atoms with Crippen LogP contribution in [0, 0.1) is 0 Å². The van der Waals surface area contributed by atoms with E-state index < -0.39 is 5.92 Å². The molecule has 6 aromatic rings. The first-order chi connectivity index (χ1) is 19.3. The van der Waals surface area contributed by atoms with Crippen LogP contribution in [-0.2, 0) is 6.54 Å². The predicted octanol–water partition coefficient (Wildman–Crippen LogP) is 7.55. The number of hydrogen-bond acceptors (Lipinski definition) is 5. The number of ketones is 1. The summed E-state index contributed by atoms with van der Waals surface area (Å²) in [5, 5.41) is 9.80. The third kappa shape index (κ3) is 4.51. The number of benzene rings is 2. The Labute approximate surface area is 232 Å². The second-order valence-electron chi connectivity index (χ2n) is 10.4. The van der Waals surface area contributed by atoms with Gasteiger partial charge in [0.05, 0.1) is 22.6 Å². The van der Waals surface area contributed by atoms with Crippen LogP contribution >= 0.6 is 11.3 Å². The van der Waals surface area contributed by atoms with Gasteiger partial charge in [-0.05, 0) is 60.5 Å². The molecule has 0 saturated carbocycles. The number of aromatic amines is 2. The number of fused-ring (bicyclic) bond motifs is 2. The lowest BCUT2D eigenvalue weighted by Gasteiger charge is -2.15. The maximum absolute atomic E-state index is 13.7. The van der Waals surface area contributed by atoms with Crippen LogP contribution in [0.2, 0.25) is 0 Å². The number of likely N-dealkylation sites (tertiary alicyclic amines) is 1. The third-order valence-corrected chi connectivity index (χ3v) is 8.70. The summed E-state index contributed by atoms with van der Waals surface area (Å²) in [5.41, 5.74) is 7.46. The molecular formula is C31H25F2N5OS. The van der Waals surface area contributed by atoms with Gasteiger partial charge in [0.15, 0.2) is 5.78 Å². The van der Waals surface area contributed by atoms with Gasteiger partial charge in [-0.25, -0.2) is 8.78 Å². The van der Waals surface area contributed by atoms with E-state index in [0.717, 1.165) is 65.2 Å². The first-order valence-electron chi connectivity index (χ1n) is 13.1. The van der Waals surface area contributed by atoms with Crippen LogP contribution in [0.4, 0.5) is 8.78 Å². The Morgan fingerprint density at radius 1 is 1.02 bits per heavy atom. The topological polar surface area (TPSA) is 77.7 Å². The molecule has 0 bridgehead atoms. The maximum Gasteiger partial charge on any atom is 0.261 e. The van der Waals surface area contributed by atoms with E-state index in [0.29, 0.717) is 13.1 Å². The number of H-pyrrole nitrogens is 2. The van der Waals surface area contributed by atoms with Crippen molar-refractivity contribution < 1.29 is 13.6 Å². The zero-order valence-corrected chi connectivity index (χ0v) is 22.5. The molecule has 1 aliphatic heterocycles. The van der Waals surface area contributed by atoms with Crippen LogP contribution in [0.5, 0.6) is 0 Å². The summed E-state index contributed by atoms with van der Waals surface area (Å²) in [6.45, 7) is 2.21. The largest absolute Gasteiger partial charge is 0.353 e. The van der Waals surface area contributed by atoms with Crippen LogP contribution < -0.4 is 0 Å². The molecule has 0 aliphatic carbocycles. The van der Waals surface area contributed by atoms with Crippen molar-refractivity contribution in [2.45, 2.75) is 25.8 Å². The minimum atomic E-state index is -2.61. The lowest BCUT2D eigenvalue weighted by Crippen LogP contribution is -2.24. The van der Waals surface area contributed by atoms with Crippen molar-refractivity contribution in [2.24, 2.45) is 0 Å². The number of hydrogen-bond donors (Lipinski definition) is 2. The number of rotatable bonds is 6. The van der Waals surface area contributed by atoms with Crippen LogP contribution in [-0.4, -0.2) is 49.9 Å². The predicted molar refractivity (Wildman–Crippen MR) is 155 cm³/mol. The number of pyridine rings is 1. The van der Waals surface area contributed by atoms with E-state index in [9.17, 15) is 13.6 Å². The molecule has 4 aromatic heterocycles. The minimum Gasteiger partial charge on any atom is -0.353 e. The van der Waals surface area contributed by atoms with Crippen LogP contribution in [0.25, 0.3) is 54.8 Å². The average Bonchev–Trinajstić information content (AvgIpc) is 3.73. The van der Waals surface area contributed by atoms with E-state index in [1.807, 2.05) is 42.5 Å². The Morgan fingerprint density at radius 2 is 1.93 bits per heavy atom. The molecule has 9 heteroatoms. The molecule has 1 aliphatic rings. The summed E-state index contributed by atoms with van der Waals surface area (Å²) in [6, 6.07) is 20.2. The average molecular weight is 554 g/mol. The van der Waals surface area contributed by atoms with E-state index in [2.05, 4.69) is 38.4 Å². The van der Waals surface area contributed by atoms with Gasteiger partial charge in [-0.2, -0.15) is 5.10 Å². The Kier molecular flexibility index (Phi) is 5.87. The number of halogens is 2. The number of Topliss-reactive ketones (excluding diaryl/α,β-unsaturated/α-hetero) is 1. The molecular weight excluding hydrogens is 528 g/mol. The summed E-state index contributed by atoms with van der Waals surface area (Å²) in [6.07, 6.45) is 3.45. The summed E-state index contributed by atoms with van der Waals surface area (Å²) in [7, 11) is 0. The van der Waals surface area contributed by atoms with Crippen molar-refractivity contribution in [2.75, 3.05) is 13.1 Å². The smallest absolute Gasteiger partial charge is 0.261 e. The number of carbonyl (C=O) groups is 1. The van der Waals surface area contributed by atoms with Crippen molar-refractivity contribution in [1.82, 2.24) is 25.1 Å². The Hall–Kier alpha value is -4.21. The highest BCUT2D eigenvalue weighted by Crippen LogP contribution is 2.38. The quantitative estimate of drug-likeness (QED) is 0.209. The first kappa shape index (κ1) is 24.8. The molecule has 6 nitrogen and oxygen atoms in total. The van der Waals surface area contributed by atoms with Gasteiger partial charge in [0.25, 0.3) is 5.92 Å². The normalized spacial score (nSPS) is 15.4. The molecule has 2 N–H and O–H groups in total. The highest BCUT2D eigenvalue weighted by Gasteiger charge is 2.37. The molecule has 0 amide bonds. The fourth-order valence-electron chi connectivity index (χ4n) is 5.50. The number of nitrogens with zero attached hydrogens (tertiary/aromatic N) is 3. The van der Waals surface area contributed by atoms with Gasteiger partial charge in [0, 0.05) is 64.2 Å². The summed E-state index contributed by atoms with van der Waals surface area (Å²) >= 11 is 1.50. The lowest BCUT2D eigenvalue weighted by molar-refractivity contribution is 0.0115. The minimum absolute atomic E-state index is 0.0651. The number of nitrogens with one attached hydrogen (secondary N) is 2. The van der Waals surface area contributed by atoms with Crippen LogP contribution in [0.1, 0.15) is 28.6 Å². The van der Waals surface area contributed by atoms with Crippen molar-refractivity contribution in [3.8, 4) is 33.0 Å². The van der Waals surface area contributed by atoms with E-state index >= 15 is 0 Å². The summed E-state index contributed by atoms with van der Waals surface area (Å²) < 4.78 is 27.3. The molecule has 1 saturated heterocycles. The first-order valence-corrected chi connectivity index (χ1v) is 13.9. The SMILES string of the molecule is CC(=O)c1ccc(-c2cccc3[nH]c(-c4n[nH]c5ccc(-c6cncc(CN7CCC(F)(F)C7)c6)cc45)cc23)s1. The molecule has 200 valence electrons. The second-order valence-corrected chi connectivity index (χ2v) is 11.5. The monoisotopic (exact) mass is 553 g/mol. The molecule has 5 heterocycles. The van der Waals surface area contributed by atoms with Crippen LogP contribution in [0.15, 0.2) is 73.1 Å². The van der Waals surface area contributed by atoms with Gasteiger partial charge in [0.1, 0.15) is 5.69 Å². The zero-order chi connectivity index (χ0) is 27.4. The number of thiophene rings is 1. The second kappa shape index (κ2) is 9.46. The molecule has 0 unspecified atom stereocenters. The highest BCUT2D eigenvalue weighted by molar-refractivity contribution is 7.17. The van der Waals surface area contributed by atoms with Gasteiger partial charge < -0.3 is 4.98 Å². The molecule has 0 radical (unpaired) electrons. The van der Waals surface area contributed by atoms with E-state index in [-0.39, 0.29) is 18.7 Å². The van der Waals surface area contributed by atoms with E-state index in [4.69, 9.17) is 0 Å². The van der Waals surface area contributed by atoms with Crippen molar-refractivity contribution in [3.05, 3.63) is 83.5 Å². The third-order valence-electron chi connectivity index (χ3n) is 7.48. The number of carbonyl (C=O) groups excluding carboxylic acids is 1. The molecule has 2 aromatic carbocycles. The van der Waals surface area contributed by atoms with Gasteiger partial charge in [-0.3, -0.25) is 19.8 Å². The Balaban J connectivity index is 1.24. The molecule has 7 rings (SSSR count). The lowest BCUT2D eigenvalue weighted by atomic mass is 10.0. The van der Waals surface area contributed by atoms with Crippen molar-refractivity contribution >= 4 is 38.9 Å². The van der Waals surface area contributed by atoms with Gasteiger partial charge >= 0.3 is 0 Å². The Bertz CT molecular complexity index is 1900. The molecule has 0 spiro atoms. The number of aromatic nitrogens is 4. The summed E-state index contributed by atoms with van der Waals surface area (Å²) in [5.74, 6) is -2.55. The van der Waals surface area contributed by atoms with Crippen molar-refractivity contribution in [1.29, 1.82) is 0 Å². The van der Waals surface area contributed by atoms with Gasteiger partial charge in [-0.1, -0.05) is 18.2 Å².